The standard InChI is InChI=1S/C15H24N2O/c1-2-3-5-8-14(18)17-12-11-16-13-15(17)9-6-4-7-10-15/h2-3,5,8,16H,4,6-7,9-13H2,1H3. The number of amides is 1. The van der Waals surface area contributed by atoms with Crippen LogP contribution in [0.1, 0.15) is 39.0 Å². The van der Waals surface area contributed by atoms with Gasteiger partial charge in [0.25, 0.3) is 0 Å². The smallest absolute Gasteiger partial charge is 0.247 e. The first-order valence-electron chi connectivity index (χ1n) is 7.10. The molecule has 1 spiro atoms. The van der Waals surface area contributed by atoms with E-state index in [9.17, 15) is 4.79 Å². The maximum Gasteiger partial charge on any atom is 0.247 e. The maximum atomic E-state index is 12.3. The van der Waals surface area contributed by atoms with E-state index >= 15 is 0 Å². The van der Waals surface area contributed by atoms with Gasteiger partial charge in [-0.05, 0) is 19.8 Å². The lowest BCUT2D eigenvalue weighted by Gasteiger charge is -2.49. The Morgan fingerprint density at radius 2 is 2.00 bits per heavy atom. The number of carbonyl (C=O) groups excluding carboxylic acids is 1. The van der Waals surface area contributed by atoms with Gasteiger partial charge >= 0.3 is 0 Å². The van der Waals surface area contributed by atoms with E-state index in [1.54, 1.807) is 6.08 Å². The fraction of sp³-hybridized carbons (Fsp3) is 0.667. The molecule has 18 heavy (non-hydrogen) atoms. The zero-order chi connectivity index (χ0) is 12.8. The average molecular weight is 248 g/mol. The fourth-order valence-corrected chi connectivity index (χ4v) is 3.18. The molecule has 0 aromatic heterocycles. The van der Waals surface area contributed by atoms with Gasteiger partial charge in [0.2, 0.25) is 5.91 Å². The minimum Gasteiger partial charge on any atom is -0.331 e. The average Bonchev–Trinajstić information content (AvgIpc) is 2.40. The summed E-state index contributed by atoms with van der Waals surface area (Å²) in [5.74, 6) is 0.177. The van der Waals surface area contributed by atoms with E-state index in [0.29, 0.717) is 0 Å². The Kier molecular flexibility index (Phi) is 4.59. The summed E-state index contributed by atoms with van der Waals surface area (Å²) in [7, 11) is 0. The number of hydrogen-bond donors (Lipinski definition) is 1. The molecule has 1 saturated heterocycles. The van der Waals surface area contributed by atoms with Crippen molar-refractivity contribution in [2.45, 2.75) is 44.6 Å². The first-order chi connectivity index (χ1) is 8.78. The highest BCUT2D eigenvalue weighted by atomic mass is 16.2. The highest BCUT2D eigenvalue weighted by Gasteiger charge is 2.41. The minimum absolute atomic E-state index is 0.0911. The summed E-state index contributed by atoms with van der Waals surface area (Å²) in [4.78, 5) is 14.4. The highest BCUT2D eigenvalue weighted by Crippen LogP contribution is 2.34. The Labute approximate surface area is 110 Å². The molecule has 1 aliphatic carbocycles. The van der Waals surface area contributed by atoms with Crippen molar-refractivity contribution in [3.63, 3.8) is 0 Å². The molecule has 1 saturated carbocycles. The molecule has 2 aliphatic rings. The monoisotopic (exact) mass is 248 g/mol. The summed E-state index contributed by atoms with van der Waals surface area (Å²) in [6.45, 7) is 4.70. The van der Waals surface area contributed by atoms with Gasteiger partial charge in [-0.15, -0.1) is 0 Å². The number of piperazine rings is 1. The second kappa shape index (κ2) is 6.19. The zero-order valence-electron chi connectivity index (χ0n) is 11.3. The third-order valence-corrected chi connectivity index (χ3v) is 4.13. The molecule has 3 nitrogen and oxygen atoms in total. The number of allylic oxidation sites excluding steroid dienone is 3. The van der Waals surface area contributed by atoms with Gasteiger partial charge in [0.15, 0.2) is 0 Å². The molecule has 0 atom stereocenters. The van der Waals surface area contributed by atoms with Gasteiger partial charge in [0.05, 0.1) is 5.54 Å². The molecule has 1 aliphatic heterocycles. The Morgan fingerprint density at radius 1 is 1.22 bits per heavy atom. The first kappa shape index (κ1) is 13.3. The van der Waals surface area contributed by atoms with Gasteiger partial charge < -0.3 is 10.2 Å². The van der Waals surface area contributed by atoms with Gasteiger partial charge in [-0.2, -0.15) is 0 Å². The molecule has 3 heteroatoms. The van der Waals surface area contributed by atoms with E-state index in [1.807, 2.05) is 25.2 Å². The fourth-order valence-electron chi connectivity index (χ4n) is 3.18. The lowest BCUT2D eigenvalue weighted by Crippen LogP contribution is -2.63. The SMILES string of the molecule is CC=CC=CC(=O)N1CCNCC12CCCCC2. The Hall–Kier alpha value is -1.09. The van der Waals surface area contributed by atoms with Crippen molar-refractivity contribution >= 4 is 5.91 Å². The predicted octanol–water partition coefficient (Wildman–Crippen LogP) is 2.25. The predicted molar refractivity (Wildman–Crippen MR) is 74.4 cm³/mol. The quantitative estimate of drug-likeness (QED) is 0.600. The summed E-state index contributed by atoms with van der Waals surface area (Å²) >= 11 is 0. The molecule has 1 heterocycles. The van der Waals surface area contributed by atoms with Crippen LogP contribution in [-0.2, 0) is 4.79 Å². The van der Waals surface area contributed by atoms with E-state index < -0.39 is 0 Å². The third kappa shape index (κ3) is 2.83. The molecule has 2 fully saturated rings. The second-order valence-corrected chi connectivity index (χ2v) is 5.34. The van der Waals surface area contributed by atoms with Crippen molar-refractivity contribution in [3.8, 4) is 0 Å². The van der Waals surface area contributed by atoms with Crippen LogP contribution in [-0.4, -0.2) is 36.0 Å². The molecule has 1 N–H and O–H groups in total. The van der Waals surface area contributed by atoms with Gasteiger partial charge in [0.1, 0.15) is 0 Å². The van der Waals surface area contributed by atoms with Crippen LogP contribution in [0, 0.1) is 0 Å². The van der Waals surface area contributed by atoms with Crippen molar-refractivity contribution in [2.75, 3.05) is 19.6 Å². The number of hydrogen-bond acceptors (Lipinski definition) is 2. The van der Waals surface area contributed by atoms with Crippen LogP contribution in [0.3, 0.4) is 0 Å². The highest BCUT2D eigenvalue weighted by molar-refractivity contribution is 5.88. The molecule has 0 radical (unpaired) electrons. The molecular formula is C15H24N2O. The summed E-state index contributed by atoms with van der Waals surface area (Å²) in [5.41, 5.74) is 0.0911. The van der Waals surface area contributed by atoms with Crippen LogP contribution in [0.5, 0.6) is 0 Å². The Morgan fingerprint density at radius 3 is 2.72 bits per heavy atom. The number of carbonyl (C=O) groups is 1. The van der Waals surface area contributed by atoms with Gasteiger partial charge in [-0.1, -0.05) is 37.5 Å². The summed E-state index contributed by atoms with van der Waals surface area (Å²) in [6.07, 6.45) is 13.5. The Balaban J connectivity index is 2.09. The van der Waals surface area contributed by atoms with Crippen LogP contribution in [0.15, 0.2) is 24.3 Å². The van der Waals surface area contributed by atoms with E-state index in [1.165, 1.54) is 19.3 Å². The van der Waals surface area contributed by atoms with Crippen molar-refractivity contribution in [1.82, 2.24) is 10.2 Å². The molecule has 0 bridgehead atoms. The number of rotatable bonds is 2. The van der Waals surface area contributed by atoms with Crippen molar-refractivity contribution < 1.29 is 4.79 Å². The number of nitrogens with zero attached hydrogens (tertiary/aromatic N) is 1. The van der Waals surface area contributed by atoms with Crippen LogP contribution in [0.2, 0.25) is 0 Å². The van der Waals surface area contributed by atoms with Crippen LogP contribution < -0.4 is 5.32 Å². The van der Waals surface area contributed by atoms with Crippen molar-refractivity contribution in [1.29, 1.82) is 0 Å². The van der Waals surface area contributed by atoms with E-state index in [-0.39, 0.29) is 11.4 Å². The van der Waals surface area contributed by atoms with Crippen LogP contribution >= 0.6 is 0 Å². The van der Waals surface area contributed by atoms with E-state index in [0.717, 1.165) is 32.5 Å². The normalized spacial score (nSPS) is 24.2. The van der Waals surface area contributed by atoms with Crippen molar-refractivity contribution in [3.05, 3.63) is 24.3 Å². The third-order valence-electron chi connectivity index (χ3n) is 4.13. The second-order valence-electron chi connectivity index (χ2n) is 5.34. The topological polar surface area (TPSA) is 32.3 Å². The zero-order valence-corrected chi connectivity index (χ0v) is 11.3. The molecule has 100 valence electrons. The van der Waals surface area contributed by atoms with Gasteiger partial charge in [-0.3, -0.25) is 4.79 Å². The minimum atomic E-state index is 0.0911. The summed E-state index contributed by atoms with van der Waals surface area (Å²) < 4.78 is 0. The first-order valence-corrected chi connectivity index (χ1v) is 7.10. The number of nitrogens with one attached hydrogen (secondary N) is 1. The largest absolute Gasteiger partial charge is 0.331 e. The van der Waals surface area contributed by atoms with Gasteiger partial charge in [-0.25, -0.2) is 0 Å². The van der Waals surface area contributed by atoms with E-state index in [2.05, 4.69) is 10.2 Å². The van der Waals surface area contributed by atoms with Crippen LogP contribution in [0.4, 0.5) is 0 Å². The molecule has 2 rings (SSSR count). The van der Waals surface area contributed by atoms with E-state index in [4.69, 9.17) is 0 Å². The van der Waals surface area contributed by atoms with Crippen LogP contribution in [0.25, 0.3) is 0 Å². The lowest BCUT2D eigenvalue weighted by molar-refractivity contribution is -0.135. The van der Waals surface area contributed by atoms with Gasteiger partial charge in [0, 0.05) is 25.7 Å². The summed E-state index contributed by atoms with van der Waals surface area (Å²) in [6, 6.07) is 0. The maximum absolute atomic E-state index is 12.3. The lowest BCUT2D eigenvalue weighted by atomic mass is 9.79. The molecule has 0 aromatic carbocycles. The molecule has 0 aromatic rings. The molecular weight excluding hydrogens is 224 g/mol. The molecule has 0 unspecified atom stereocenters. The Bertz CT molecular complexity index is 332. The molecule has 1 amide bonds. The van der Waals surface area contributed by atoms with Crippen molar-refractivity contribution in [2.24, 2.45) is 0 Å². The summed E-state index contributed by atoms with van der Waals surface area (Å²) in [5, 5.41) is 3.47.